The van der Waals surface area contributed by atoms with Crippen molar-refractivity contribution >= 4 is 23.2 Å². The molecule has 3 heteroatoms. The smallest absolute Gasteiger partial charge is 0.0453 e. The van der Waals surface area contributed by atoms with Crippen molar-refractivity contribution in [3.8, 4) is 0 Å². The summed E-state index contributed by atoms with van der Waals surface area (Å²) >= 11 is 12.3. The summed E-state index contributed by atoms with van der Waals surface area (Å²) in [7, 11) is 0. The number of hydrogen-bond acceptors (Lipinski definition) is 1. The fraction of sp³-hybridized carbons (Fsp3) is 0.333. The van der Waals surface area contributed by atoms with Gasteiger partial charge in [0.2, 0.25) is 0 Å². The molecule has 2 rings (SSSR count). The van der Waals surface area contributed by atoms with Crippen LogP contribution in [0.15, 0.2) is 48.5 Å². The molecule has 0 bridgehead atoms. The zero-order valence-corrected chi connectivity index (χ0v) is 14.0. The predicted octanol–water partition coefficient (Wildman–Crippen LogP) is 6.19. The highest BCUT2D eigenvalue weighted by atomic mass is 35.5. The van der Waals surface area contributed by atoms with Crippen molar-refractivity contribution < 1.29 is 0 Å². The van der Waals surface area contributed by atoms with Gasteiger partial charge >= 0.3 is 0 Å². The lowest BCUT2D eigenvalue weighted by molar-refractivity contribution is 0.439. The molecule has 0 aliphatic heterocycles. The van der Waals surface area contributed by atoms with Gasteiger partial charge in [-0.3, -0.25) is 0 Å². The number of nitrogens with one attached hydrogen (secondary N) is 1. The van der Waals surface area contributed by atoms with Crippen LogP contribution < -0.4 is 5.32 Å². The van der Waals surface area contributed by atoms with Crippen LogP contribution in [0.2, 0.25) is 10.0 Å². The van der Waals surface area contributed by atoms with Gasteiger partial charge in [-0.25, -0.2) is 0 Å². The second-order valence-corrected chi connectivity index (χ2v) is 6.15. The van der Waals surface area contributed by atoms with E-state index in [0.29, 0.717) is 6.04 Å². The van der Waals surface area contributed by atoms with E-state index in [2.05, 4.69) is 37.4 Å². The second kappa shape index (κ2) is 7.84. The van der Waals surface area contributed by atoms with Crippen LogP contribution in [0, 0.1) is 0 Å². The zero-order valence-electron chi connectivity index (χ0n) is 12.4. The minimum Gasteiger partial charge on any atom is -0.303 e. The molecule has 2 aromatic rings. The van der Waals surface area contributed by atoms with Gasteiger partial charge in [-0.2, -0.15) is 0 Å². The van der Waals surface area contributed by atoms with E-state index in [1.165, 1.54) is 5.56 Å². The van der Waals surface area contributed by atoms with Crippen molar-refractivity contribution in [2.45, 2.75) is 38.8 Å². The first-order valence-electron chi connectivity index (χ1n) is 7.37. The lowest BCUT2D eigenvalue weighted by atomic mass is 9.99. The average Bonchev–Trinajstić information content (AvgIpc) is 2.48. The van der Waals surface area contributed by atoms with E-state index in [1.54, 1.807) is 0 Å². The molecule has 112 valence electrons. The highest BCUT2D eigenvalue weighted by molar-refractivity contribution is 6.31. The molecule has 1 unspecified atom stereocenters. The van der Waals surface area contributed by atoms with Crippen molar-refractivity contribution in [2.75, 3.05) is 0 Å². The molecule has 21 heavy (non-hydrogen) atoms. The molecule has 0 amide bonds. The van der Waals surface area contributed by atoms with E-state index in [9.17, 15) is 0 Å². The molecule has 0 fully saturated rings. The molecular formula is C18H21Cl2N. The van der Waals surface area contributed by atoms with Gasteiger partial charge in [0.25, 0.3) is 0 Å². The van der Waals surface area contributed by atoms with Gasteiger partial charge in [0.05, 0.1) is 0 Å². The molecule has 2 aromatic carbocycles. The Morgan fingerprint density at radius 2 is 1.67 bits per heavy atom. The van der Waals surface area contributed by atoms with Crippen molar-refractivity contribution in [3.63, 3.8) is 0 Å². The van der Waals surface area contributed by atoms with E-state index < -0.39 is 0 Å². The van der Waals surface area contributed by atoms with Gasteiger partial charge < -0.3 is 5.32 Å². The van der Waals surface area contributed by atoms with E-state index in [0.717, 1.165) is 28.5 Å². The third-order valence-corrected chi connectivity index (χ3v) is 4.27. The molecule has 1 nitrogen and oxygen atoms in total. The summed E-state index contributed by atoms with van der Waals surface area (Å²) in [5.74, 6) is 0. The molecule has 0 aliphatic rings. The number of benzene rings is 2. The molecule has 0 saturated heterocycles. The Hall–Kier alpha value is -1.02. The van der Waals surface area contributed by atoms with Crippen LogP contribution in [0.25, 0.3) is 0 Å². The van der Waals surface area contributed by atoms with Crippen LogP contribution in [-0.4, -0.2) is 0 Å². The first-order valence-corrected chi connectivity index (χ1v) is 8.13. The van der Waals surface area contributed by atoms with Crippen LogP contribution in [0.5, 0.6) is 0 Å². The molecular weight excluding hydrogens is 301 g/mol. The van der Waals surface area contributed by atoms with E-state index in [-0.39, 0.29) is 6.04 Å². The van der Waals surface area contributed by atoms with Gasteiger partial charge in [-0.05, 0) is 42.7 Å². The SMILES string of the molecule is CCCC(N[C@@H](C)c1ccccc1Cl)c1ccc(Cl)cc1. The standard InChI is InChI=1S/C18H21Cl2N/c1-3-6-18(14-9-11-15(19)12-10-14)21-13(2)16-7-4-5-8-17(16)20/h4-5,7-13,18,21H,3,6H2,1-2H3/t13-,18?/m0/s1. The van der Waals surface area contributed by atoms with Crippen LogP contribution in [0.3, 0.4) is 0 Å². The van der Waals surface area contributed by atoms with Gasteiger partial charge in [0.1, 0.15) is 0 Å². The quantitative estimate of drug-likeness (QED) is 0.669. The van der Waals surface area contributed by atoms with Gasteiger partial charge in [0, 0.05) is 22.1 Å². The Kier molecular flexibility index (Phi) is 6.10. The Labute approximate surface area is 137 Å². The number of hydrogen-bond donors (Lipinski definition) is 1. The molecule has 0 saturated carbocycles. The van der Waals surface area contributed by atoms with Crippen LogP contribution in [0.1, 0.15) is 49.9 Å². The lowest BCUT2D eigenvalue weighted by Crippen LogP contribution is -2.24. The molecule has 0 radical (unpaired) electrons. The van der Waals surface area contributed by atoms with Crippen LogP contribution in [-0.2, 0) is 0 Å². The van der Waals surface area contributed by atoms with Gasteiger partial charge in [-0.15, -0.1) is 0 Å². The summed E-state index contributed by atoms with van der Waals surface area (Å²) in [4.78, 5) is 0. The molecule has 1 N–H and O–H groups in total. The fourth-order valence-electron chi connectivity index (χ4n) is 2.55. The van der Waals surface area contributed by atoms with Crippen LogP contribution >= 0.6 is 23.2 Å². The average molecular weight is 322 g/mol. The lowest BCUT2D eigenvalue weighted by Gasteiger charge is -2.24. The van der Waals surface area contributed by atoms with E-state index >= 15 is 0 Å². The van der Waals surface area contributed by atoms with Crippen LogP contribution in [0.4, 0.5) is 0 Å². The summed E-state index contributed by atoms with van der Waals surface area (Å²) in [6, 6.07) is 16.6. The number of rotatable bonds is 6. The molecule has 0 heterocycles. The summed E-state index contributed by atoms with van der Waals surface area (Å²) in [6.07, 6.45) is 2.20. The topological polar surface area (TPSA) is 12.0 Å². The first-order chi connectivity index (χ1) is 10.1. The summed E-state index contributed by atoms with van der Waals surface area (Å²) in [6.45, 7) is 4.35. The second-order valence-electron chi connectivity index (χ2n) is 5.30. The van der Waals surface area contributed by atoms with Gasteiger partial charge in [0.15, 0.2) is 0 Å². The maximum Gasteiger partial charge on any atom is 0.0453 e. The third-order valence-electron chi connectivity index (χ3n) is 3.67. The van der Waals surface area contributed by atoms with E-state index in [4.69, 9.17) is 23.2 Å². The molecule has 0 spiro atoms. The highest BCUT2D eigenvalue weighted by Gasteiger charge is 2.16. The Bertz CT molecular complexity index is 566. The monoisotopic (exact) mass is 321 g/mol. The Morgan fingerprint density at radius 1 is 1.00 bits per heavy atom. The Morgan fingerprint density at radius 3 is 2.29 bits per heavy atom. The molecule has 2 atom stereocenters. The summed E-state index contributed by atoms with van der Waals surface area (Å²) < 4.78 is 0. The minimum absolute atomic E-state index is 0.200. The zero-order chi connectivity index (χ0) is 15.2. The van der Waals surface area contributed by atoms with Crippen molar-refractivity contribution in [3.05, 3.63) is 69.7 Å². The van der Waals surface area contributed by atoms with E-state index in [1.807, 2.05) is 30.3 Å². The predicted molar refractivity (Wildman–Crippen MR) is 92.1 cm³/mol. The summed E-state index contributed by atoms with van der Waals surface area (Å²) in [5, 5.41) is 5.26. The molecule has 0 aromatic heterocycles. The normalized spacial score (nSPS) is 13.9. The maximum absolute atomic E-state index is 6.29. The third kappa shape index (κ3) is 4.47. The van der Waals surface area contributed by atoms with Crippen molar-refractivity contribution in [1.82, 2.24) is 5.32 Å². The first kappa shape index (κ1) is 16.4. The molecule has 0 aliphatic carbocycles. The van der Waals surface area contributed by atoms with Gasteiger partial charge in [-0.1, -0.05) is 66.9 Å². The van der Waals surface area contributed by atoms with Crippen molar-refractivity contribution in [2.24, 2.45) is 0 Å². The fourth-order valence-corrected chi connectivity index (χ4v) is 2.97. The maximum atomic E-state index is 6.29. The summed E-state index contributed by atoms with van der Waals surface area (Å²) in [5.41, 5.74) is 2.40. The Balaban J connectivity index is 2.16. The largest absolute Gasteiger partial charge is 0.303 e. The highest BCUT2D eigenvalue weighted by Crippen LogP contribution is 2.27. The minimum atomic E-state index is 0.200. The number of halogens is 2. The van der Waals surface area contributed by atoms with Crippen molar-refractivity contribution in [1.29, 1.82) is 0 Å².